The second-order valence-corrected chi connectivity index (χ2v) is 6.24. The molecule has 0 heterocycles. The Kier molecular flexibility index (Phi) is 7.08. The number of ether oxygens (including phenoxy) is 1. The molecule has 21 heavy (non-hydrogen) atoms. The molecule has 1 aliphatic carbocycles. The van der Waals surface area contributed by atoms with E-state index in [2.05, 4.69) is 13.0 Å². The van der Waals surface area contributed by atoms with Gasteiger partial charge in [0.25, 0.3) is 0 Å². The van der Waals surface area contributed by atoms with E-state index in [1.807, 2.05) is 12.1 Å². The third kappa shape index (κ3) is 5.35. The number of benzene rings is 1. The first-order valence-corrected chi connectivity index (χ1v) is 8.75. The van der Waals surface area contributed by atoms with Gasteiger partial charge in [0.1, 0.15) is 5.75 Å². The van der Waals surface area contributed by atoms with Crippen molar-refractivity contribution in [2.75, 3.05) is 6.61 Å². The Bertz CT molecular complexity index is 414. The van der Waals surface area contributed by atoms with E-state index in [1.54, 1.807) is 0 Å². The lowest BCUT2D eigenvalue weighted by Crippen LogP contribution is -2.09. The van der Waals surface area contributed by atoms with E-state index in [0.717, 1.165) is 43.6 Å². The standard InChI is InChI=1S/C19H30O2/c1-2-3-4-5-6-7-8-14-21-17-12-13-18-16(15-17)10-9-11-19(18)20/h12-13,15,19-20H,2-11,14H2,1H3. The Hall–Kier alpha value is -1.02. The fraction of sp³-hybridized carbons (Fsp3) is 0.684. The van der Waals surface area contributed by atoms with E-state index in [-0.39, 0.29) is 6.10 Å². The predicted molar refractivity (Wildman–Crippen MR) is 87.8 cm³/mol. The summed E-state index contributed by atoms with van der Waals surface area (Å²) in [6.07, 6.45) is 12.0. The van der Waals surface area contributed by atoms with Crippen molar-refractivity contribution >= 4 is 0 Å². The number of hydrogen-bond acceptors (Lipinski definition) is 2. The van der Waals surface area contributed by atoms with Crippen LogP contribution in [0.1, 0.15) is 81.9 Å². The van der Waals surface area contributed by atoms with Crippen LogP contribution in [0, 0.1) is 0 Å². The molecule has 0 spiro atoms. The van der Waals surface area contributed by atoms with Crippen LogP contribution in [0.4, 0.5) is 0 Å². The van der Waals surface area contributed by atoms with Crippen LogP contribution < -0.4 is 4.74 Å². The fourth-order valence-corrected chi connectivity index (χ4v) is 3.10. The van der Waals surface area contributed by atoms with Crippen molar-refractivity contribution in [3.63, 3.8) is 0 Å². The van der Waals surface area contributed by atoms with Crippen molar-refractivity contribution in [2.45, 2.75) is 77.2 Å². The average molecular weight is 290 g/mol. The van der Waals surface area contributed by atoms with Crippen LogP contribution in [0.15, 0.2) is 18.2 Å². The van der Waals surface area contributed by atoms with Gasteiger partial charge in [-0.1, -0.05) is 51.5 Å². The molecule has 1 unspecified atom stereocenters. The van der Waals surface area contributed by atoms with Crippen LogP contribution in [-0.4, -0.2) is 11.7 Å². The smallest absolute Gasteiger partial charge is 0.119 e. The minimum Gasteiger partial charge on any atom is -0.494 e. The number of rotatable bonds is 9. The molecule has 0 amide bonds. The molecule has 0 aliphatic heterocycles. The molecule has 0 radical (unpaired) electrons. The van der Waals surface area contributed by atoms with E-state index in [4.69, 9.17) is 4.74 Å². The maximum atomic E-state index is 9.95. The van der Waals surface area contributed by atoms with E-state index in [0.29, 0.717) is 0 Å². The molecule has 1 aromatic carbocycles. The predicted octanol–water partition coefficient (Wildman–Crippen LogP) is 5.19. The number of hydrogen-bond donors (Lipinski definition) is 1. The Morgan fingerprint density at radius 2 is 1.86 bits per heavy atom. The van der Waals surface area contributed by atoms with Gasteiger partial charge in [0.2, 0.25) is 0 Å². The molecule has 1 aromatic rings. The van der Waals surface area contributed by atoms with Gasteiger partial charge in [-0.3, -0.25) is 0 Å². The van der Waals surface area contributed by atoms with Crippen LogP contribution in [0.25, 0.3) is 0 Å². The summed E-state index contributed by atoms with van der Waals surface area (Å²) in [5.41, 5.74) is 2.37. The summed E-state index contributed by atoms with van der Waals surface area (Å²) < 4.78 is 5.85. The second-order valence-electron chi connectivity index (χ2n) is 6.24. The van der Waals surface area contributed by atoms with Crippen LogP contribution in [0.3, 0.4) is 0 Å². The summed E-state index contributed by atoms with van der Waals surface area (Å²) >= 11 is 0. The van der Waals surface area contributed by atoms with Crippen LogP contribution in [-0.2, 0) is 6.42 Å². The normalized spacial score (nSPS) is 17.5. The van der Waals surface area contributed by atoms with Crippen molar-refractivity contribution in [3.05, 3.63) is 29.3 Å². The first kappa shape index (κ1) is 16.4. The first-order chi connectivity index (χ1) is 10.3. The molecule has 2 nitrogen and oxygen atoms in total. The molecule has 2 heteroatoms. The number of fused-ring (bicyclic) bond motifs is 1. The average Bonchev–Trinajstić information content (AvgIpc) is 2.50. The van der Waals surface area contributed by atoms with E-state index < -0.39 is 0 Å². The molecule has 118 valence electrons. The van der Waals surface area contributed by atoms with Crippen LogP contribution in [0.5, 0.6) is 5.75 Å². The molecule has 0 saturated carbocycles. The molecular formula is C19H30O2. The molecule has 0 saturated heterocycles. The van der Waals surface area contributed by atoms with Crippen molar-refractivity contribution < 1.29 is 9.84 Å². The number of aliphatic hydroxyl groups is 1. The van der Waals surface area contributed by atoms with Crippen molar-refractivity contribution in [1.82, 2.24) is 0 Å². The van der Waals surface area contributed by atoms with Crippen molar-refractivity contribution in [3.8, 4) is 5.75 Å². The SMILES string of the molecule is CCCCCCCCCOc1ccc2c(c1)CCCC2O. The summed E-state index contributed by atoms with van der Waals surface area (Å²) in [6.45, 7) is 3.07. The van der Waals surface area contributed by atoms with Gasteiger partial charge < -0.3 is 9.84 Å². The zero-order valence-corrected chi connectivity index (χ0v) is 13.4. The summed E-state index contributed by atoms with van der Waals surface area (Å²) in [5.74, 6) is 0.967. The van der Waals surface area contributed by atoms with Gasteiger partial charge >= 0.3 is 0 Å². The summed E-state index contributed by atoms with van der Waals surface area (Å²) in [5, 5.41) is 9.95. The quantitative estimate of drug-likeness (QED) is 0.634. The largest absolute Gasteiger partial charge is 0.494 e. The summed E-state index contributed by atoms with van der Waals surface area (Å²) in [4.78, 5) is 0. The van der Waals surface area contributed by atoms with E-state index >= 15 is 0 Å². The Morgan fingerprint density at radius 3 is 2.67 bits per heavy atom. The molecule has 2 rings (SSSR count). The van der Waals surface area contributed by atoms with Gasteiger partial charge in [-0.05, 0) is 48.9 Å². The summed E-state index contributed by atoms with van der Waals surface area (Å²) in [7, 11) is 0. The third-order valence-electron chi connectivity index (χ3n) is 4.41. The number of unbranched alkanes of at least 4 members (excludes halogenated alkanes) is 6. The molecule has 0 aromatic heterocycles. The minimum atomic E-state index is -0.272. The van der Waals surface area contributed by atoms with Gasteiger partial charge in [-0.2, -0.15) is 0 Å². The lowest BCUT2D eigenvalue weighted by molar-refractivity contribution is 0.156. The Labute approximate surface area is 129 Å². The molecular weight excluding hydrogens is 260 g/mol. The zero-order chi connectivity index (χ0) is 14.9. The lowest BCUT2D eigenvalue weighted by atomic mass is 9.89. The molecule has 0 bridgehead atoms. The van der Waals surface area contributed by atoms with Gasteiger partial charge in [-0.15, -0.1) is 0 Å². The van der Waals surface area contributed by atoms with Gasteiger partial charge in [-0.25, -0.2) is 0 Å². The topological polar surface area (TPSA) is 29.5 Å². The van der Waals surface area contributed by atoms with Gasteiger partial charge in [0.05, 0.1) is 12.7 Å². The maximum absolute atomic E-state index is 9.95. The highest BCUT2D eigenvalue weighted by atomic mass is 16.5. The highest BCUT2D eigenvalue weighted by Crippen LogP contribution is 2.31. The first-order valence-electron chi connectivity index (χ1n) is 8.75. The van der Waals surface area contributed by atoms with E-state index in [9.17, 15) is 5.11 Å². The zero-order valence-electron chi connectivity index (χ0n) is 13.4. The Balaban J connectivity index is 1.65. The van der Waals surface area contributed by atoms with Crippen LogP contribution >= 0.6 is 0 Å². The number of aryl methyl sites for hydroxylation is 1. The van der Waals surface area contributed by atoms with Gasteiger partial charge in [0.15, 0.2) is 0 Å². The summed E-state index contributed by atoms with van der Waals surface area (Å²) in [6, 6.07) is 6.17. The molecule has 1 atom stereocenters. The van der Waals surface area contributed by atoms with Gasteiger partial charge in [0, 0.05) is 0 Å². The third-order valence-corrected chi connectivity index (χ3v) is 4.41. The molecule has 1 N–H and O–H groups in total. The monoisotopic (exact) mass is 290 g/mol. The maximum Gasteiger partial charge on any atom is 0.119 e. The fourth-order valence-electron chi connectivity index (χ4n) is 3.10. The second kappa shape index (κ2) is 9.09. The highest BCUT2D eigenvalue weighted by Gasteiger charge is 2.17. The highest BCUT2D eigenvalue weighted by molar-refractivity contribution is 5.38. The molecule has 1 aliphatic rings. The molecule has 0 fully saturated rings. The van der Waals surface area contributed by atoms with Crippen molar-refractivity contribution in [1.29, 1.82) is 0 Å². The van der Waals surface area contributed by atoms with Crippen LogP contribution in [0.2, 0.25) is 0 Å². The van der Waals surface area contributed by atoms with E-state index in [1.165, 1.54) is 44.1 Å². The Morgan fingerprint density at radius 1 is 1.10 bits per heavy atom. The minimum absolute atomic E-state index is 0.272. The van der Waals surface area contributed by atoms with Crippen molar-refractivity contribution in [2.24, 2.45) is 0 Å². The number of aliphatic hydroxyl groups excluding tert-OH is 1. The lowest BCUT2D eigenvalue weighted by Gasteiger charge is -2.21.